The number of thioether (sulfide) groups is 1. The monoisotopic (exact) mass is 492 g/mol. The summed E-state index contributed by atoms with van der Waals surface area (Å²) in [6.45, 7) is 8.05. The minimum Gasteiger partial charge on any atom is -0.312 e. The standard InChI is InChI=1S/C24H28N8O2S/c1-14(2)20-10-18(19-11-26-32(15(3)4)21(19)27-20)23(34)29-28-22(33)17-8-6-16(7-9-17)12-35-24-30-25-13-31(24)5/h6-11,13-15H,12H2,1-5H3,(H,28,33)(H,29,34). The van der Waals surface area contributed by atoms with Crippen molar-refractivity contribution in [2.24, 2.45) is 7.05 Å². The zero-order valence-corrected chi connectivity index (χ0v) is 21.1. The maximum Gasteiger partial charge on any atom is 0.270 e. The zero-order valence-electron chi connectivity index (χ0n) is 20.3. The van der Waals surface area contributed by atoms with Crippen molar-refractivity contribution < 1.29 is 9.59 Å². The number of nitrogens with one attached hydrogen (secondary N) is 2. The van der Waals surface area contributed by atoms with Crippen molar-refractivity contribution in [3.05, 3.63) is 65.2 Å². The molecule has 0 spiro atoms. The maximum atomic E-state index is 13.0. The van der Waals surface area contributed by atoms with Gasteiger partial charge in [-0.3, -0.25) is 20.4 Å². The summed E-state index contributed by atoms with van der Waals surface area (Å²) in [6.07, 6.45) is 3.29. The molecular formula is C24H28N8O2S. The Morgan fingerprint density at radius 3 is 2.40 bits per heavy atom. The average molecular weight is 493 g/mol. The van der Waals surface area contributed by atoms with Crippen molar-refractivity contribution >= 4 is 34.6 Å². The molecule has 35 heavy (non-hydrogen) atoms. The van der Waals surface area contributed by atoms with Gasteiger partial charge in [0.05, 0.1) is 17.1 Å². The fraction of sp³-hybridized carbons (Fsp3) is 0.333. The number of fused-ring (bicyclic) bond motifs is 1. The molecule has 182 valence electrons. The molecule has 0 saturated carbocycles. The number of rotatable bonds is 7. The third kappa shape index (κ3) is 5.35. The Balaban J connectivity index is 1.43. The highest BCUT2D eigenvalue weighted by Crippen LogP contribution is 2.24. The van der Waals surface area contributed by atoms with Crippen LogP contribution in [0.3, 0.4) is 0 Å². The first-order valence-corrected chi connectivity index (χ1v) is 12.3. The maximum absolute atomic E-state index is 13.0. The van der Waals surface area contributed by atoms with Crippen molar-refractivity contribution in [2.75, 3.05) is 0 Å². The second kappa shape index (κ2) is 10.3. The first-order chi connectivity index (χ1) is 16.7. The molecule has 0 aliphatic rings. The Morgan fingerprint density at radius 2 is 1.77 bits per heavy atom. The van der Waals surface area contributed by atoms with E-state index in [0.29, 0.717) is 27.9 Å². The quantitative estimate of drug-likeness (QED) is 0.299. The lowest BCUT2D eigenvalue weighted by atomic mass is 10.1. The van der Waals surface area contributed by atoms with E-state index < -0.39 is 11.8 Å². The summed E-state index contributed by atoms with van der Waals surface area (Å²) in [7, 11) is 1.89. The molecule has 1 aromatic carbocycles. The molecule has 3 aromatic heterocycles. The molecule has 3 heterocycles. The number of benzene rings is 1. The number of hydrogen-bond acceptors (Lipinski definition) is 7. The smallest absolute Gasteiger partial charge is 0.270 e. The van der Waals surface area contributed by atoms with Crippen LogP contribution in [0.15, 0.2) is 48.0 Å². The van der Waals surface area contributed by atoms with Crippen molar-refractivity contribution in [3.63, 3.8) is 0 Å². The van der Waals surface area contributed by atoms with Crippen LogP contribution in [-0.2, 0) is 12.8 Å². The van der Waals surface area contributed by atoms with Crippen LogP contribution in [0.2, 0.25) is 0 Å². The number of amides is 2. The number of aryl methyl sites for hydroxylation is 1. The molecule has 4 aromatic rings. The molecule has 2 N–H and O–H groups in total. The van der Waals surface area contributed by atoms with E-state index in [9.17, 15) is 9.59 Å². The normalized spacial score (nSPS) is 11.4. The zero-order chi connectivity index (χ0) is 25.1. The second-order valence-corrected chi connectivity index (χ2v) is 9.73. The molecule has 0 aliphatic carbocycles. The Labute approximate surface area is 207 Å². The van der Waals surface area contributed by atoms with E-state index in [1.165, 1.54) is 0 Å². The van der Waals surface area contributed by atoms with E-state index in [1.807, 2.05) is 51.4 Å². The third-order valence-electron chi connectivity index (χ3n) is 5.46. The van der Waals surface area contributed by atoms with Gasteiger partial charge in [0.1, 0.15) is 6.33 Å². The largest absolute Gasteiger partial charge is 0.312 e. The average Bonchev–Trinajstić information content (AvgIpc) is 3.46. The van der Waals surface area contributed by atoms with Gasteiger partial charge in [-0.25, -0.2) is 9.67 Å². The molecule has 10 nitrogen and oxygen atoms in total. The van der Waals surface area contributed by atoms with Crippen molar-refractivity contribution in [2.45, 2.75) is 50.6 Å². The highest BCUT2D eigenvalue weighted by Gasteiger charge is 2.19. The lowest BCUT2D eigenvalue weighted by Gasteiger charge is -2.13. The Hall–Kier alpha value is -3.73. The number of carbonyl (C=O) groups excluding carboxylic acids is 2. The minimum atomic E-state index is -0.423. The van der Waals surface area contributed by atoms with Gasteiger partial charge in [0.25, 0.3) is 11.8 Å². The minimum absolute atomic E-state index is 0.0970. The molecular weight excluding hydrogens is 464 g/mol. The number of aromatic nitrogens is 6. The molecule has 11 heteroatoms. The summed E-state index contributed by atoms with van der Waals surface area (Å²) in [5, 5.41) is 13.8. The SMILES string of the molecule is CC(C)c1cc(C(=O)NNC(=O)c2ccc(CSc3nncn3C)cc2)c2cnn(C(C)C)c2n1. The van der Waals surface area contributed by atoms with Crippen LogP contribution in [0.4, 0.5) is 0 Å². The Morgan fingerprint density at radius 1 is 1.06 bits per heavy atom. The van der Waals surface area contributed by atoms with Crippen LogP contribution in [0.25, 0.3) is 11.0 Å². The Kier molecular flexibility index (Phi) is 7.15. The summed E-state index contributed by atoms with van der Waals surface area (Å²) in [4.78, 5) is 30.4. The predicted molar refractivity (Wildman–Crippen MR) is 134 cm³/mol. The summed E-state index contributed by atoms with van der Waals surface area (Å²) >= 11 is 1.56. The molecule has 2 amide bonds. The van der Waals surface area contributed by atoms with E-state index in [0.717, 1.165) is 16.4 Å². The number of hydrazine groups is 1. The van der Waals surface area contributed by atoms with E-state index in [4.69, 9.17) is 4.98 Å². The fourth-order valence-electron chi connectivity index (χ4n) is 3.46. The van der Waals surface area contributed by atoms with Gasteiger partial charge >= 0.3 is 0 Å². The van der Waals surface area contributed by atoms with Crippen molar-refractivity contribution in [1.82, 2.24) is 40.4 Å². The van der Waals surface area contributed by atoms with Crippen molar-refractivity contribution in [3.8, 4) is 0 Å². The topological polar surface area (TPSA) is 120 Å². The van der Waals surface area contributed by atoms with E-state index in [-0.39, 0.29) is 12.0 Å². The van der Waals surface area contributed by atoms with Crippen LogP contribution in [-0.4, -0.2) is 41.3 Å². The molecule has 0 unspecified atom stereocenters. The molecule has 0 bridgehead atoms. The number of carbonyl (C=O) groups is 2. The molecule has 0 aliphatic heterocycles. The molecule has 0 fully saturated rings. The Bertz CT molecular complexity index is 1360. The van der Waals surface area contributed by atoms with Crippen LogP contribution in [0.1, 0.15) is 71.6 Å². The van der Waals surface area contributed by atoms with Gasteiger partial charge in [0.15, 0.2) is 10.8 Å². The van der Waals surface area contributed by atoms with Gasteiger partial charge in [-0.1, -0.05) is 37.7 Å². The van der Waals surface area contributed by atoms with E-state index in [2.05, 4.69) is 26.1 Å². The highest BCUT2D eigenvalue weighted by molar-refractivity contribution is 7.98. The van der Waals surface area contributed by atoms with Gasteiger partial charge in [-0.05, 0) is 43.5 Å². The van der Waals surface area contributed by atoms with Gasteiger partial charge in [0.2, 0.25) is 0 Å². The molecule has 4 rings (SSSR count). The van der Waals surface area contributed by atoms with Gasteiger partial charge < -0.3 is 4.57 Å². The second-order valence-electron chi connectivity index (χ2n) is 8.79. The van der Waals surface area contributed by atoms with E-state index >= 15 is 0 Å². The third-order valence-corrected chi connectivity index (χ3v) is 6.56. The molecule has 0 saturated heterocycles. The summed E-state index contributed by atoms with van der Waals surface area (Å²) in [5.41, 5.74) is 8.37. The lowest BCUT2D eigenvalue weighted by Crippen LogP contribution is -2.41. The van der Waals surface area contributed by atoms with Crippen LogP contribution in [0.5, 0.6) is 0 Å². The molecule has 0 radical (unpaired) electrons. The number of nitrogens with zero attached hydrogens (tertiary/aromatic N) is 6. The van der Waals surface area contributed by atoms with Crippen molar-refractivity contribution in [1.29, 1.82) is 0 Å². The summed E-state index contributed by atoms with van der Waals surface area (Å²) < 4.78 is 3.64. The fourth-order valence-corrected chi connectivity index (χ4v) is 4.30. The van der Waals surface area contributed by atoms with Gasteiger partial charge in [-0.2, -0.15) is 5.10 Å². The summed E-state index contributed by atoms with van der Waals surface area (Å²) in [5.74, 6) is -0.00185. The van der Waals surface area contributed by atoms with Crippen LogP contribution < -0.4 is 10.9 Å². The molecule has 0 atom stereocenters. The predicted octanol–water partition coefficient (Wildman–Crippen LogP) is 3.63. The number of pyridine rings is 1. The number of hydrogen-bond donors (Lipinski definition) is 2. The highest BCUT2D eigenvalue weighted by atomic mass is 32.2. The van der Waals surface area contributed by atoms with Gasteiger partial charge in [-0.15, -0.1) is 10.2 Å². The lowest BCUT2D eigenvalue weighted by molar-refractivity contribution is 0.0847. The summed E-state index contributed by atoms with van der Waals surface area (Å²) in [6, 6.07) is 9.05. The van der Waals surface area contributed by atoms with E-state index in [1.54, 1.807) is 47.2 Å². The first-order valence-electron chi connectivity index (χ1n) is 11.3. The van der Waals surface area contributed by atoms with Gasteiger partial charge in [0, 0.05) is 30.1 Å². The van der Waals surface area contributed by atoms with Crippen LogP contribution in [0, 0.1) is 0 Å². The van der Waals surface area contributed by atoms with Crippen LogP contribution >= 0.6 is 11.8 Å². The first kappa shape index (κ1) is 24.4.